The van der Waals surface area contributed by atoms with Gasteiger partial charge in [0, 0.05) is 23.7 Å². The molecule has 0 saturated carbocycles. The SMILES string of the molecule is CCCOC(=O)c1ccccc1OC(=O)c1ccc2c(c1)[C@H]1C=CC[C@@H]1[C@H](c1ccc([N+](=O)[O-])cc1)N2. The van der Waals surface area contributed by atoms with Crippen molar-refractivity contribution >= 4 is 23.3 Å². The molecule has 0 unspecified atom stereocenters. The maximum atomic E-state index is 13.1. The van der Waals surface area contributed by atoms with E-state index in [4.69, 9.17) is 9.47 Å². The number of nitro benzene ring substituents is 1. The van der Waals surface area contributed by atoms with E-state index in [9.17, 15) is 19.7 Å². The van der Waals surface area contributed by atoms with Gasteiger partial charge in [-0.25, -0.2) is 9.59 Å². The number of nitro groups is 1. The second kappa shape index (κ2) is 10.3. The van der Waals surface area contributed by atoms with Gasteiger partial charge in [-0.2, -0.15) is 0 Å². The number of non-ortho nitro benzene ring substituents is 1. The second-order valence-electron chi connectivity index (χ2n) is 9.15. The number of para-hydroxylation sites is 1. The lowest BCUT2D eigenvalue weighted by Gasteiger charge is -2.37. The van der Waals surface area contributed by atoms with Gasteiger partial charge in [-0.1, -0.05) is 43.3 Å². The molecule has 8 heteroatoms. The van der Waals surface area contributed by atoms with Gasteiger partial charge in [0.1, 0.15) is 11.3 Å². The molecule has 0 fully saturated rings. The van der Waals surface area contributed by atoms with Crippen LogP contribution in [-0.4, -0.2) is 23.5 Å². The van der Waals surface area contributed by atoms with E-state index in [0.29, 0.717) is 12.0 Å². The molecular weight excluding hydrogens is 472 g/mol. The molecule has 1 aliphatic heterocycles. The number of hydrogen-bond donors (Lipinski definition) is 1. The van der Waals surface area contributed by atoms with Crippen LogP contribution in [0.2, 0.25) is 0 Å². The Morgan fingerprint density at radius 1 is 1.05 bits per heavy atom. The van der Waals surface area contributed by atoms with Crippen molar-refractivity contribution in [2.75, 3.05) is 11.9 Å². The van der Waals surface area contributed by atoms with Crippen molar-refractivity contribution in [3.05, 3.63) is 111 Å². The minimum Gasteiger partial charge on any atom is -0.462 e. The molecule has 188 valence electrons. The number of nitrogens with zero attached hydrogens (tertiary/aromatic N) is 1. The third-order valence-corrected chi connectivity index (χ3v) is 6.81. The number of ether oxygens (including phenoxy) is 2. The lowest BCUT2D eigenvalue weighted by molar-refractivity contribution is -0.384. The molecule has 5 rings (SSSR count). The van der Waals surface area contributed by atoms with Crippen LogP contribution < -0.4 is 10.1 Å². The quantitative estimate of drug-likeness (QED) is 0.136. The maximum Gasteiger partial charge on any atom is 0.343 e. The molecule has 0 saturated heterocycles. The zero-order valence-corrected chi connectivity index (χ0v) is 20.3. The second-order valence-corrected chi connectivity index (χ2v) is 9.15. The summed E-state index contributed by atoms with van der Waals surface area (Å²) >= 11 is 0. The summed E-state index contributed by atoms with van der Waals surface area (Å²) in [5.41, 5.74) is 3.51. The third-order valence-electron chi connectivity index (χ3n) is 6.81. The van der Waals surface area contributed by atoms with Crippen molar-refractivity contribution < 1.29 is 24.0 Å². The van der Waals surface area contributed by atoms with Gasteiger partial charge in [-0.05, 0) is 60.2 Å². The van der Waals surface area contributed by atoms with Gasteiger partial charge < -0.3 is 14.8 Å². The van der Waals surface area contributed by atoms with Crippen molar-refractivity contribution in [2.45, 2.75) is 31.7 Å². The molecule has 8 nitrogen and oxygen atoms in total. The molecule has 3 atom stereocenters. The fraction of sp³-hybridized carbons (Fsp3) is 0.241. The number of anilines is 1. The Labute approximate surface area is 214 Å². The van der Waals surface area contributed by atoms with Crippen LogP contribution in [0.25, 0.3) is 0 Å². The summed E-state index contributed by atoms with van der Waals surface area (Å²) in [6, 6.07) is 18.5. The first-order chi connectivity index (χ1) is 18.0. The standard InChI is InChI=1S/C29H26N2O6/c1-2-16-36-29(33)23-6-3-4-9-26(23)37-28(32)19-12-15-25-24(17-19)21-7-5-8-22(21)27(30-25)18-10-13-20(14-11-18)31(34)35/h3-7,9-15,17,21-22,27,30H,2,8,16H2,1H3/t21-,22-,27-/m0/s1. The highest BCUT2D eigenvalue weighted by Crippen LogP contribution is 2.50. The molecule has 0 amide bonds. The smallest absolute Gasteiger partial charge is 0.343 e. The molecule has 3 aromatic rings. The Balaban J connectivity index is 1.39. The molecule has 1 aliphatic carbocycles. The Kier molecular flexibility index (Phi) is 6.72. The van der Waals surface area contributed by atoms with Crippen LogP contribution in [0.3, 0.4) is 0 Å². The first kappa shape index (κ1) is 24.2. The number of esters is 2. The average Bonchev–Trinajstić information content (AvgIpc) is 3.42. The van der Waals surface area contributed by atoms with E-state index in [1.807, 2.05) is 19.1 Å². The first-order valence-corrected chi connectivity index (χ1v) is 12.3. The van der Waals surface area contributed by atoms with E-state index in [1.165, 1.54) is 12.1 Å². The van der Waals surface area contributed by atoms with Gasteiger partial charge in [0.15, 0.2) is 0 Å². The lowest BCUT2D eigenvalue weighted by atomic mass is 9.76. The summed E-state index contributed by atoms with van der Waals surface area (Å²) in [6.07, 6.45) is 5.82. The van der Waals surface area contributed by atoms with Gasteiger partial charge in [-0.15, -0.1) is 0 Å². The van der Waals surface area contributed by atoms with Crippen molar-refractivity contribution in [3.63, 3.8) is 0 Å². The number of carbonyl (C=O) groups is 2. The van der Waals surface area contributed by atoms with Crippen LogP contribution in [0.1, 0.15) is 63.6 Å². The largest absolute Gasteiger partial charge is 0.462 e. The van der Waals surface area contributed by atoms with Crippen molar-refractivity contribution in [3.8, 4) is 5.75 Å². The molecule has 1 N–H and O–H groups in total. The molecule has 37 heavy (non-hydrogen) atoms. The number of allylic oxidation sites excluding steroid dienone is 2. The van der Waals surface area contributed by atoms with E-state index in [-0.39, 0.29) is 41.5 Å². The normalized spacial score (nSPS) is 19.3. The fourth-order valence-corrected chi connectivity index (χ4v) is 5.01. The number of benzene rings is 3. The minimum absolute atomic E-state index is 0.0212. The summed E-state index contributed by atoms with van der Waals surface area (Å²) in [4.78, 5) is 36.1. The van der Waals surface area contributed by atoms with Crippen LogP contribution in [0.4, 0.5) is 11.4 Å². The highest BCUT2D eigenvalue weighted by atomic mass is 16.6. The Bertz CT molecular complexity index is 1380. The summed E-state index contributed by atoms with van der Waals surface area (Å²) < 4.78 is 10.8. The molecule has 3 aromatic carbocycles. The summed E-state index contributed by atoms with van der Waals surface area (Å²) in [5, 5.41) is 14.6. The van der Waals surface area contributed by atoms with Crippen molar-refractivity contribution in [1.82, 2.24) is 0 Å². The number of fused-ring (bicyclic) bond motifs is 3. The van der Waals surface area contributed by atoms with Crippen LogP contribution in [0.15, 0.2) is 78.9 Å². The van der Waals surface area contributed by atoms with Crippen molar-refractivity contribution in [1.29, 1.82) is 0 Å². The highest BCUT2D eigenvalue weighted by Gasteiger charge is 2.38. The predicted octanol–water partition coefficient (Wildman–Crippen LogP) is 6.21. The zero-order chi connectivity index (χ0) is 25.9. The Hall–Kier alpha value is -4.46. The van der Waals surface area contributed by atoms with Crippen LogP contribution in [0, 0.1) is 16.0 Å². The maximum absolute atomic E-state index is 13.1. The van der Waals surface area contributed by atoms with E-state index in [2.05, 4.69) is 17.5 Å². The molecule has 0 aromatic heterocycles. The molecule has 2 aliphatic rings. The van der Waals surface area contributed by atoms with Gasteiger partial charge in [0.2, 0.25) is 0 Å². The van der Waals surface area contributed by atoms with Crippen molar-refractivity contribution in [2.24, 2.45) is 5.92 Å². The summed E-state index contributed by atoms with van der Waals surface area (Å²) in [7, 11) is 0. The van der Waals surface area contributed by atoms with Crippen LogP contribution >= 0.6 is 0 Å². The summed E-state index contributed by atoms with van der Waals surface area (Å²) in [6.45, 7) is 2.19. The number of nitrogens with one attached hydrogen (secondary N) is 1. The zero-order valence-electron chi connectivity index (χ0n) is 20.3. The van der Waals surface area contributed by atoms with Gasteiger partial charge in [0.25, 0.3) is 5.69 Å². The van der Waals surface area contributed by atoms with E-state index < -0.39 is 16.9 Å². The molecular formula is C29H26N2O6. The first-order valence-electron chi connectivity index (χ1n) is 12.3. The van der Waals surface area contributed by atoms with Gasteiger partial charge in [0.05, 0.1) is 23.1 Å². The highest BCUT2D eigenvalue weighted by molar-refractivity contribution is 5.96. The number of carbonyl (C=O) groups excluding carboxylic acids is 2. The Morgan fingerprint density at radius 2 is 1.84 bits per heavy atom. The predicted molar refractivity (Wildman–Crippen MR) is 138 cm³/mol. The topological polar surface area (TPSA) is 108 Å². The average molecular weight is 499 g/mol. The fourth-order valence-electron chi connectivity index (χ4n) is 5.01. The van der Waals surface area contributed by atoms with E-state index in [1.54, 1.807) is 42.5 Å². The number of rotatable bonds is 7. The lowest BCUT2D eigenvalue weighted by Crippen LogP contribution is -2.29. The van der Waals surface area contributed by atoms with Gasteiger partial charge >= 0.3 is 11.9 Å². The monoisotopic (exact) mass is 498 g/mol. The molecule has 1 heterocycles. The minimum atomic E-state index is -0.561. The molecule has 0 radical (unpaired) electrons. The van der Waals surface area contributed by atoms with E-state index >= 15 is 0 Å². The van der Waals surface area contributed by atoms with Crippen LogP contribution in [-0.2, 0) is 4.74 Å². The number of hydrogen-bond acceptors (Lipinski definition) is 7. The molecule has 0 spiro atoms. The summed E-state index contributed by atoms with van der Waals surface area (Å²) in [5.74, 6) is -0.651. The molecule has 0 bridgehead atoms. The van der Waals surface area contributed by atoms with E-state index in [0.717, 1.165) is 23.2 Å². The van der Waals surface area contributed by atoms with Gasteiger partial charge in [-0.3, -0.25) is 10.1 Å². The third kappa shape index (κ3) is 4.82. The van der Waals surface area contributed by atoms with Crippen LogP contribution in [0.5, 0.6) is 5.75 Å². The Morgan fingerprint density at radius 3 is 2.59 bits per heavy atom.